The number of rotatable bonds is 4. The molecule has 25 heavy (non-hydrogen) atoms. The average molecular weight is 339 g/mol. The molecule has 4 rings (SSSR count). The lowest BCUT2D eigenvalue weighted by molar-refractivity contribution is 0.0253. The predicted molar refractivity (Wildman–Crippen MR) is 107 cm³/mol. The van der Waals surface area contributed by atoms with Crippen molar-refractivity contribution in [2.45, 2.75) is 56.9 Å². The van der Waals surface area contributed by atoms with Crippen molar-refractivity contribution in [1.82, 2.24) is 10.2 Å². The van der Waals surface area contributed by atoms with Gasteiger partial charge < -0.3 is 5.32 Å². The molecule has 1 N–H and O–H groups in total. The zero-order valence-corrected chi connectivity index (χ0v) is 15.6. The fraction of sp³-hybridized carbons (Fsp3) is 0.652. The number of allylic oxidation sites excluding steroid dienone is 4. The lowest BCUT2D eigenvalue weighted by Gasteiger charge is -2.56. The summed E-state index contributed by atoms with van der Waals surface area (Å²) in [6.45, 7) is 4.62. The minimum absolute atomic E-state index is 0.173. The molecule has 2 unspecified atom stereocenters. The molecule has 0 aromatic heterocycles. The highest BCUT2D eigenvalue weighted by Gasteiger charge is 2.50. The lowest BCUT2D eigenvalue weighted by atomic mass is 9.62. The van der Waals surface area contributed by atoms with Crippen LogP contribution in [0.5, 0.6) is 0 Å². The van der Waals surface area contributed by atoms with Gasteiger partial charge in [0.05, 0.1) is 5.54 Å². The SMILES string of the molecule is C1=CC(C(C2C=CCCC2)(C2C=CCCC2)N2CCNCC2)=CCC1. The molecule has 0 bridgehead atoms. The molecule has 136 valence electrons. The Bertz CT molecular complexity index is 539. The fourth-order valence-electron chi connectivity index (χ4n) is 5.66. The minimum Gasteiger partial charge on any atom is -0.314 e. The Labute approximate surface area is 153 Å². The van der Waals surface area contributed by atoms with Crippen LogP contribution in [0.2, 0.25) is 0 Å². The van der Waals surface area contributed by atoms with Crippen LogP contribution in [-0.2, 0) is 0 Å². The molecule has 0 saturated carbocycles. The van der Waals surface area contributed by atoms with Crippen molar-refractivity contribution in [2.24, 2.45) is 11.8 Å². The van der Waals surface area contributed by atoms with E-state index in [1.807, 2.05) is 0 Å². The second-order valence-corrected chi connectivity index (χ2v) is 8.13. The molecule has 0 aromatic rings. The second kappa shape index (κ2) is 8.05. The van der Waals surface area contributed by atoms with Gasteiger partial charge in [-0.05, 0) is 68.8 Å². The molecule has 2 nitrogen and oxygen atoms in total. The fourth-order valence-corrected chi connectivity index (χ4v) is 5.66. The Morgan fingerprint density at radius 1 is 0.840 bits per heavy atom. The Hall–Kier alpha value is -1.12. The van der Waals surface area contributed by atoms with E-state index in [9.17, 15) is 0 Å². The Morgan fingerprint density at radius 3 is 2.04 bits per heavy atom. The van der Waals surface area contributed by atoms with Crippen LogP contribution in [-0.4, -0.2) is 36.6 Å². The molecule has 2 heteroatoms. The summed E-state index contributed by atoms with van der Waals surface area (Å²) in [5.74, 6) is 1.31. The molecule has 0 aromatic carbocycles. The zero-order chi connectivity index (χ0) is 17.0. The van der Waals surface area contributed by atoms with Gasteiger partial charge in [-0.2, -0.15) is 0 Å². The largest absolute Gasteiger partial charge is 0.314 e. The first-order chi connectivity index (χ1) is 12.4. The molecule has 1 aliphatic heterocycles. The van der Waals surface area contributed by atoms with Crippen molar-refractivity contribution in [3.05, 3.63) is 48.1 Å². The second-order valence-electron chi connectivity index (χ2n) is 8.13. The first kappa shape index (κ1) is 17.3. The van der Waals surface area contributed by atoms with Crippen LogP contribution >= 0.6 is 0 Å². The van der Waals surface area contributed by atoms with Crippen LogP contribution < -0.4 is 5.32 Å². The number of hydrogen-bond acceptors (Lipinski definition) is 2. The maximum atomic E-state index is 3.58. The maximum absolute atomic E-state index is 3.58. The van der Waals surface area contributed by atoms with Gasteiger partial charge in [0.25, 0.3) is 0 Å². The standard InChI is InChI=1S/C23H34N2/c1-4-10-20(11-5-1)23(21-12-6-2-7-13-21,22-14-8-3-9-15-22)25-18-16-24-17-19-25/h4,6,8,10-12,14,21-22,24H,1-3,5,7,9,13,15-19H2. The highest BCUT2D eigenvalue weighted by atomic mass is 15.3. The molecule has 0 amide bonds. The summed E-state index contributed by atoms with van der Waals surface area (Å²) in [6.07, 6.45) is 27.9. The van der Waals surface area contributed by atoms with E-state index >= 15 is 0 Å². The normalized spacial score (nSPS) is 33.0. The molecule has 1 fully saturated rings. The van der Waals surface area contributed by atoms with Gasteiger partial charge >= 0.3 is 0 Å². The van der Waals surface area contributed by atoms with Crippen LogP contribution in [0.25, 0.3) is 0 Å². The van der Waals surface area contributed by atoms with Gasteiger partial charge in [0.2, 0.25) is 0 Å². The summed E-state index contributed by atoms with van der Waals surface area (Å²) in [6, 6.07) is 0. The quantitative estimate of drug-likeness (QED) is 0.753. The molecule has 2 atom stereocenters. The van der Waals surface area contributed by atoms with E-state index in [-0.39, 0.29) is 5.54 Å². The van der Waals surface area contributed by atoms with E-state index in [4.69, 9.17) is 0 Å². The molecule has 0 radical (unpaired) electrons. The first-order valence-corrected chi connectivity index (χ1v) is 10.6. The van der Waals surface area contributed by atoms with E-state index in [1.54, 1.807) is 5.57 Å². The predicted octanol–water partition coefficient (Wildman–Crippen LogP) is 4.62. The number of hydrogen-bond donors (Lipinski definition) is 1. The van der Waals surface area contributed by atoms with Crippen LogP contribution in [0.3, 0.4) is 0 Å². The molecule has 4 aliphatic rings. The number of nitrogens with one attached hydrogen (secondary N) is 1. The molecule has 1 saturated heterocycles. The van der Waals surface area contributed by atoms with E-state index in [0.717, 1.165) is 13.1 Å². The smallest absolute Gasteiger partial charge is 0.0584 e. The van der Waals surface area contributed by atoms with Gasteiger partial charge in [-0.15, -0.1) is 0 Å². The van der Waals surface area contributed by atoms with Crippen LogP contribution in [0.4, 0.5) is 0 Å². The van der Waals surface area contributed by atoms with Crippen LogP contribution in [0, 0.1) is 11.8 Å². The van der Waals surface area contributed by atoms with Gasteiger partial charge in [-0.1, -0.05) is 42.5 Å². The summed E-state index contributed by atoms with van der Waals surface area (Å²) in [5, 5.41) is 3.58. The Balaban J connectivity index is 1.82. The average Bonchev–Trinajstić information content (AvgIpc) is 2.72. The van der Waals surface area contributed by atoms with Crippen molar-refractivity contribution in [1.29, 1.82) is 0 Å². The van der Waals surface area contributed by atoms with E-state index < -0.39 is 0 Å². The summed E-state index contributed by atoms with van der Waals surface area (Å²) in [7, 11) is 0. The van der Waals surface area contributed by atoms with Gasteiger partial charge in [0, 0.05) is 26.2 Å². The number of nitrogens with zero attached hydrogens (tertiary/aromatic N) is 1. The van der Waals surface area contributed by atoms with Crippen molar-refractivity contribution >= 4 is 0 Å². The van der Waals surface area contributed by atoms with Gasteiger partial charge in [-0.3, -0.25) is 4.90 Å². The third-order valence-electron chi connectivity index (χ3n) is 6.74. The molecular weight excluding hydrogens is 304 g/mol. The first-order valence-electron chi connectivity index (χ1n) is 10.6. The summed E-state index contributed by atoms with van der Waals surface area (Å²) < 4.78 is 0. The maximum Gasteiger partial charge on any atom is 0.0584 e. The van der Waals surface area contributed by atoms with Gasteiger partial charge in [-0.25, -0.2) is 0 Å². The highest BCUT2D eigenvalue weighted by molar-refractivity contribution is 5.40. The number of piperazine rings is 1. The monoisotopic (exact) mass is 338 g/mol. The van der Waals surface area contributed by atoms with Gasteiger partial charge in [0.15, 0.2) is 0 Å². The van der Waals surface area contributed by atoms with Crippen molar-refractivity contribution in [2.75, 3.05) is 26.2 Å². The van der Waals surface area contributed by atoms with Gasteiger partial charge in [0.1, 0.15) is 0 Å². The zero-order valence-electron chi connectivity index (χ0n) is 15.6. The van der Waals surface area contributed by atoms with Crippen LogP contribution in [0.15, 0.2) is 48.1 Å². The van der Waals surface area contributed by atoms with E-state index in [0.29, 0.717) is 11.8 Å². The third-order valence-corrected chi connectivity index (χ3v) is 6.74. The van der Waals surface area contributed by atoms with Crippen molar-refractivity contribution in [3.63, 3.8) is 0 Å². The molecule has 0 spiro atoms. The summed E-state index contributed by atoms with van der Waals surface area (Å²) in [5.41, 5.74) is 1.79. The van der Waals surface area contributed by atoms with Crippen LogP contribution in [0.1, 0.15) is 51.4 Å². The Kier molecular flexibility index (Phi) is 5.57. The summed E-state index contributed by atoms with van der Waals surface area (Å²) in [4.78, 5) is 2.87. The molecule has 1 heterocycles. The van der Waals surface area contributed by atoms with E-state index in [2.05, 4.69) is 52.7 Å². The minimum atomic E-state index is 0.173. The third kappa shape index (κ3) is 3.31. The topological polar surface area (TPSA) is 15.3 Å². The molecule has 3 aliphatic carbocycles. The molecular formula is C23H34N2. The lowest BCUT2D eigenvalue weighted by Crippen LogP contribution is -2.63. The van der Waals surface area contributed by atoms with Crippen molar-refractivity contribution in [3.8, 4) is 0 Å². The summed E-state index contributed by atoms with van der Waals surface area (Å²) >= 11 is 0. The highest BCUT2D eigenvalue weighted by Crippen LogP contribution is 2.48. The van der Waals surface area contributed by atoms with Crippen molar-refractivity contribution < 1.29 is 0 Å². The Morgan fingerprint density at radius 2 is 1.52 bits per heavy atom. The van der Waals surface area contributed by atoms with E-state index in [1.165, 1.54) is 64.5 Å².